The first-order valence-electron chi connectivity index (χ1n) is 9.17. The van der Waals surface area contributed by atoms with E-state index in [-0.39, 0.29) is 11.8 Å². The highest BCUT2D eigenvalue weighted by Gasteiger charge is 2.19. The zero-order valence-electron chi connectivity index (χ0n) is 16.1. The van der Waals surface area contributed by atoms with Gasteiger partial charge in [0.15, 0.2) is 0 Å². The number of carbonyl (C=O) groups excluding carboxylic acids is 2. The van der Waals surface area contributed by atoms with Crippen LogP contribution in [0.2, 0.25) is 0 Å². The number of anilines is 1. The largest absolute Gasteiger partial charge is 0.497 e. The second kappa shape index (κ2) is 9.08. The molecule has 3 rings (SSSR count). The summed E-state index contributed by atoms with van der Waals surface area (Å²) in [6.07, 6.45) is 4.67. The second-order valence-corrected chi connectivity index (χ2v) is 6.55. The molecule has 6 nitrogen and oxygen atoms in total. The van der Waals surface area contributed by atoms with Crippen molar-refractivity contribution in [2.24, 2.45) is 0 Å². The summed E-state index contributed by atoms with van der Waals surface area (Å²) in [5.41, 5.74) is 2.43. The molecule has 0 spiro atoms. The molecule has 0 radical (unpaired) electrons. The Bertz CT molecular complexity index is 892. The van der Waals surface area contributed by atoms with Gasteiger partial charge in [-0.1, -0.05) is 12.1 Å². The van der Waals surface area contributed by atoms with Crippen molar-refractivity contribution in [3.63, 3.8) is 0 Å². The Morgan fingerprint density at radius 2 is 2.04 bits per heavy atom. The van der Waals surface area contributed by atoms with Gasteiger partial charge in [0.25, 0.3) is 0 Å². The molecule has 0 aliphatic carbocycles. The summed E-state index contributed by atoms with van der Waals surface area (Å²) in [7, 11) is 3.17. The molecular weight excluding hydrogens is 356 g/mol. The Morgan fingerprint density at radius 1 is 1.18 bits per heavy atom. The molecule has 28 heavy (non-hydrogen) atoms. The normalized spacial score (nSPS) is 13.8. The molecular formula is C22H24N2O4. The molecule has 2 aromatic rings. The van der Waals surface area contributed by atoms with Gasteiger partial charge in [-0.15, -0.1) is 0 Å². The first kappa shape index (κ1) is 19.5. The lowest BCUT2D eigenvalue weighted by atomic mass is 10.1. The van der Waals surface area contributed by atoms with Crippen molar-refractivity contribution in [1.29, 1.82) is 0 Å². The number of amides is 2. The number of likely N-dealkylation sites (tertiary alicyclic amines) is 1. The standard InChI is InChI=1S/C22H24N2O4/c1-27-19-9-10-20(28-2)17(14-19)8-11-21(25)23-18-6-3-5-16(13-18)15-24-12-4-7-22(24)26/h3,5-6,8-11,13-14H,4,7,12,15H2,1-2H3,(H,23,25)/b11-8+. The van der Waals surface area contributed by atoms with E-state index in [0.717, 1.165) is 24.1 Å². The van der Waals surface area contributed by atoms with Crippen LogP contribution in [-0.4, -0.2) is 37.5 Å². The molecule has 0 bridgehead atoms. The van der Waals surface area contributed by atoms with Crippen molar-refractivity contribution >= 4 is 23.6 Å². The van der Waals surface area contributed by atoms with E-state index in [1.54, 1.807) is 38.5 Å². The molecule has 6 heteroatoms. The lowest BCUT2D eigenvalue weighted by molar-refractivity contribution is -0.128. The van der Waals surface area contributed by atoms with Crippen LogP contribution in [0.4, 0.5) is 5.69 Å². The Balaban J connectivity index is 1.65. The minimum Gasteiger partial charge on any atom is -0.497 e. The zero-order valence-corrected chi connectivity index (χ0v) is 16.1. The van der Waals surface area contributed by atoms with E-state index in [1.807, 2.05) is 29.2 Å². The average Bonchev–Trinajstić information content (AvgIpc) is 3.10. The van der Waals surface area contributed by atoms with Crippen molar-refractivity contribution in [3.8, 4) is 11.5 Å². The molecule has 2 aromatic carbocycles. The Kier molecular flexibility index (Phi) is 6.32. The van der Waals surface area contributed by atoms with E-state index in [9.17, 15) is 9.59 Å². The number of nitrogens with one attached hydrogen (secondary N) is 1. The molecule has 0 atom stereocenters. The number of hydrogen-bond donors (Lipinski definition) is 1. The van der Waals surface area contributed by atoms with E-state index in [1.165, 1.54) is 6.08 Å². The molecule has 2 amide bonds. The van der Waals surface area contributed by atoms with E-state index in [4.69, 9.17) is 9.47 Å². The van der Waals surface area contributed by atoms with E-state index >= 15 is 0 Å². The fourth-order valence-electron chi connectivity index (χ4n) is 3.16. The molecule has 1 N–H and O–H groups in total. The number of benzene rings is 2. The predicted octanol–water partition coefficient (Wildman–Crippen LogP) is 3.48. The molecule has 146 valence electrons. The van der Waals surface area contributed by atoms with Gasteiger partial charge in [-0.05, 0) is 48.4 Å². The van der Waals surface area contributed by atoms with Crippen LogP contribution < -0.4 is 14.8 Å². The molecule has 1 fully saturated rings. The minimum absolute atomic E-state index is 0.185. The number of hydrogen-bond acceptors (Lipinski definition) is 4. The van der Waals surface area contributed by atoms with Crippen LogP contribution in [0.15, 0.2) is 48.5 Å². The quantitative estimate of drug-likeness (QED) is 0.747. The first-order valence-corrected chi connectivity index (χ1v) is 9.17. The first-order chi connectivity index (χ1) is 13.6. The fourth-order valence-corrected chi connectivity index (χ4v) is 3.16. The number of nitrogens with zero attached hydrogens (tertiary/aromatic N) is 1. The third kappa shape index (κ3) is 4.91. The maximum atomic E-state index is 12.3. The van der Waals surface area contributed by atoms with Gasteiger partial charge in [-0.2, -0.15) is 0 Å². The fraction of sp³-hybridized carbons (Fsp3) is 0.273. The third-order valence-electron chi connectivity index (χ3n) is 4.59. The van der Waals surface area contributed by atoms with Gasteiger partial charge < -0.3 is 19.7 Å². The summed E-state index contributed by atoms with van der Waals surface area (Å²) in [4.78, 5) is 25.9. The average molecular weight is 380 g/mol. The molecule has 1 heterocycles. The zero-order chi connectivity index (χ0) is 19.9. The van der Waals surface area contributed by atoms with Crippen LogP contribution in [0.1, 0.15) is 24.0 Å². The van der Waals surface area contributed by atoms with Gasteiger partial charge in [0.05, 0.1) is 14.2 Å². The van der Waals surface area contributed by atoms with E-state index in [2.05, 4.69) is 5.32 Å². The molecule has 1 aliphatic heterocycles. The summed E-state index contributed by atoms with van der Waals surface area (Å²) in [5.74, 6) is 1.27. The van der Waals surface area contributed by atoms with Gasteiger partial charge in [-0.25, -0.2) is 0 Å². The highest BCUT2D eigenvalue weighted by atomic mass is 16.5. The van der Waals surface area contributed by atoms with Crippen molar-refractivity contribution < 1.29 is 19.1 Å². The van der Waals surface area contributed by atoms with Crippen LogP contribution in [0.3, 0.4) is 0 Å². The number of carbonyl (C=O) groups is 2. The third-order valence-corrected chi connectivity index (χ3v) is 4.59. The van der Waals surface area contributed by atoms with Crippen LogP contribution >= 0.6 is 0 Å². The van der Waals surface area contributed by atoms with Gasteiger partial charge in [0, 0.05) is 36.8 Å². The molecule has 0 unspecified atom stereocenters. The highest BCUT2D eigenvalue weighted by Crippen LogP contribution is 2.25. The monoisotopic (exact) mass is 380 g/mol. The Labute approximate surface area is 164 Å². The van der Waals surface area contributed by atoms with Crippen LogP contribution in [0.5, 0.6) is 11.5 Å². The van der Waals surface area contributed by atoms with Crippen molar-refractivity contribution in [2.75, 3.05) is 26.1 Å². The lowest BCUT2D eigenvalue weighted by Crippen LogP contribution is -2.23. The van der Waals surface area contributed by atoms with Crippen LogP contribution in [0.25, 0.3) is 6.08 Å². The van der Waals surface area contributed by atoms with Gasteiger partial charge in [-0.3, -0.25) is 9.59 Å². The Morgan fingerprint density at radius 3 is 2.75 bits per heavy atom. The minimum atomic E-state index is -0.251. The maximum absolute atomic E-state index is 12.3. The van der Waals surface area contributed by atoms with Crippen LogP contribution in [-0.2, 0) is 16.1 Å². The SMILES string of the molecule is COc1ccc(OC)c(/C=C/C(=O)Nc2cccc(CN3CCCC3=O)c2)c1. The second-order valence-electron chi connectivity index (χ2n) is 6.55. The van der Waals surface area contributed by atoms with E-state index in [0.29, 0.717) is 30.2 Å². The maximum Gasteiger partial charge on any atom is 0.248 e. The Hall–Kier alpha value is -3.28. The predicted molar refractivity (Wildman–Crippen MR) is 108 cm³/mol. The molecule has 1 aliphatic rings. The topological polar surface area (TPSA) is 67.9 Å². The van der Waals surface area contributed by atoms with Crippen molar-refractivity contribution in [3.05, 3.63) is 59.7 Å². The number of methoxy groups -OCH3 is 2. The summed E-state index contributed by atoms with van der Waals surface area (Å²) in [6, 6.07) is 12.9. The smallest absolute Gasteiger partial charge is 0.248 e. The molecule has 0 saturated carbocycles. The van der Waals surface area contributed by atoms with Gasteiger partial charge >= 0.3 is 0 Å². The number of ether oxygens (including phenoxy) is 2. The van der Waals surface area contributed by atoms with Gasteiger partial charge in [0.2, 0.25) is 11.8 Å². The molecule has 0 aromatic heterocycles. The summed E-state index contributed by atoms with van der Waals surface area (Å²) >= 11 is 0. The summed E-state index contributed by atoms with van der Waals surface area (Å²) < 4.78 is 10.5. The lowest BCUT2D eigenvalue weighted by Gasteiger charge is -2.16. The van der Waals surface area contributed by atoms with Crippen molar-refractivity contribution in [2.45, 2.75) is 19.4 Å². The van der Waals surface area contributed by atoms with E-state index < -0.39 is 0 Å². The molecule has 1 saturated heterocycles. The number of rotatable bonds is 7. The summed E-state index contributed by atoms with van der Waals surface area (Å²) in [6.45, 7) is 1.36. The summed E-state index contributed by atoms with van der Waals surface area (Å²) in [5, 5.41) is 2.85. The van der Waals surface area contributed by atoms with Gasteiger partial charge in [0.1, 0.15) is 11.5 Å². The highest BCUT2D eigenvalue weighted by molar-refractivity contribution is 6.02. The van der Waals surface area contributed by atoms with Crippen LogP contribution in [0, 0.1) is 0 Å². The van der Waals surface area contributed by atoms with Crippen molar-refractivity contribution in [1.82, 2.24) is 4.90 Å².